The van der Waals surface area contributed by atoms with E-state index >= 15 is 0 Å². The molecular weight excluding hydrogens is 301 g/mol. The van der Waals surface area contributed by atoms with Gasteiger partial charge in [-0.15, -0.1) is 11.3 Å². The normalized spacial score (nSPS) is 20.8. The molecule has 21 heavy (non-hydrogen) atoms. The first kappa shape index (κ1) is 14.5. The molecule has 1 saturated heterocycles. The Hall–Kier alpha value is -1.41. The monoisotopic (exact) mass is 316 g/mol. The van der Waals surface area contributed by atoms with Crippen LogP contribution in [-0.4, -0.2) is 32.9 Å². The number of likely N-dealkylation sites (tertiary alicyclic amines) is 1. The van der Waals surface area contributed by atoms with Crippen molar-refractivity contribution in [2.45, 2.75) is 31.5 Å². The van der Waals surface area contributed by atoms with Crippen molar-refractivity contribution >= 4 is 11.3 Å². The maximum Gasteiger partial charge on any atom is 0.432 e. The summed E-state index contributed by atoms with van der Waals surface area (Å²) in [5.41, 5.74) is 1.02. The maximum absolute atomic E-state index is 12.6. The fraction of sp³-hybridized carbons (Fsp3) is 0.538. The summed E-state index contributed by atoms with van der Waals surface area (Å²) in [5, 5.41) is 0. The predicted molar refractivity (Wildman–Crippen MR) is 73.0 cm³/mol. The van der Waals surface area contributed by atoms with Gasteiger partial charge < -0.3 is 4.98 Å². The molecular formula is C13H15F3N4S. The molecule has 1 aliphatic rings. The third-order valence-corrected chi connectivity index (χ3v) is 4.42. The average Bonchev–Trinajstić information content (AvgIpc) is 3.09. The van der Waals surface area contributed by atoms with Crippen molar-refractivity contribution in [3.63, 3.8) is 0 Å². The summed E-state index contributed by atoms with van der Waals surface area (Å²) in [6, 6.07) is 0. The van der Waals surface area contributed by atoms with E-state index in [0.717, 1.165) is 38.7 Å². The summed E-state index contributed by atoms with van der Waals surface area (Å²) in [6.07, 6.45) is 0.193. The molecule has 0 saturated carbocycles. The molecule has 4 nitrogen and oxygen atoms in total. The van der Waals surface area contributed by atoms with E-state index in [1.54, 1.807) is 16.8 Å². The summed E-state index contributed by atoms with van der Waals surface area (Å²) >= 11 is 1.60. The molecule has 1 N–H and O–H groups in total. The number of hydrogen-bond acceptors (Lipinski definition) is 4. The van der Waals surface area contributed by atoms with E-state index in [1.807, 2.05) is 6.20 Å². The molecule has 0 amide bonds. The molecule has 0 aromatic carbocycles. The van der Waals surface area contributed by atoms with Crippen LogP contribution >= 0.6 is 11.3 Å². The number of halogens is 3. The summed E-state index contributed by atoms with van der Waals surface area (Å²) in [7, 11) is 0. The highest BCUT2D eigenvalue weighted by molar-refractivity contribution is 7.09. The highest BCUT2D eigenvalue weighted by atomic mass is 32.1. The second kappa shape index (κ2) is 5.76. The number of aromatic nitrogens is 3. The van der Waals surface area contributed by atoms with Gasteiger partial charge in [0, 0.05) is 30.1 Å². The van der Waals surface area contributed by atoms with Gasteiger partial charge in [-0.2, -0.15) is 13.2 Å². The Kier molecular flexibility index (Phi) is 3.99. The predicted octanol–water partition coefficient (Wildman–Crippen LogP) is 3.26. The molecule has 1 aliphatic heterocycles. The summed E-state index contributed by atoms with van der Waals surface area (Å²) in [4.78, 5) is 13.8. The number of thiazole rings is 1. The van der Waals surface area contributed by atoms with Crippen molar-refractivity contribution in [3.8, 4) is 0 Å². The molecule has 8 heteroatoms. The van der Waals surface area contributed by atoms with Gasteiger partial charge in [0.15, 0.2) is 0 Å². The average molecular weight is 316 g/mol. The highest BCUT2D eigenvalue weighted by Gasteiger charge is 2.34. The minimum absolute atomic E-state index is 0.0303. The van der Waals surface area contributed by atoms with Crippen molar-refractivity contribution < 1.29 is 13.2 Å². The second-order valence-electron chi connectivity index (χ2n) is 5.22. The Bertz CT molecular complexity index is 579. The lowest BCUT2D eigenvalue weighted by Crippen LogP contribution is -2.34. The molecule has 3 heterocycles. The molecule has 1 fully saturated rings. The van der Waals surface area contributed by atoms with Gasteiger partial charge in [-0.05, 0) is 19.4 Å². The summed E-state index contributed by atoms with van der Waals surface area (Å²) < 4.78 is 37.8. The van der Waals surface area contributed by atoms with Crippen molar-refractivity contribution in [3.05, 3.63) is 34.3 Å². The summed E-state index contributed by atoms with van der Waals surface area (Å²) in [6.45, 7) is 2.48. The van der Waals surface area contributed by atoms with Gasteiger partial charge in [0.25, 0.3) is 0 Å². The van der Waals surface area contributed by atoms with Gasteiger partial charge in [-0.3, -0.25) is 9.88 Å². The van der Waals surface area contributed by atoms with Crippen LogP contribution in [0.4, 0.5) is 13.2 Å². The van der Waals surface area contributed by atoms with Gasteiger partial charge in [0.2, 0.25) is 0 Å². The minimum atomic E-state index is -4.36. The van der Waals surface area contributed by atoms with E-state index < -0.39 is 11.9 Å². The van der Waals surface area contributed by atoms with Crippen LogP contribution in [0.3, 0.4) is 0 Å². The van der Waals surface area contributed by atoms with Gasteiger partial charge in [0.05, 0.1) is 11.7 Å². The van der Waals surface area contributed by atoms with Crippen LogP contribution < -0.4 is 0 Å². The quantitative estimate of drug-likeness (QED) is 0.945. The lowest BCUT2D eigenvalue weighted by Gasteiger charge is -2.31. The van der Waals surface area contributed by atoms with E-state index in [4.69, 9.17) is 0 Å². The number of imidazole rings is 1. The molecule has 3 rings (SSSR count). The Morgan fingerprint density at radius 1 is 1.38 bits per heavy atom. The molecule has 114 valence electrons. The standard InChI is InChI=1S/C13H15F3N4S/c14-13(15,16)11-5-18-12(19-11)9-2-1-3-20(6-9)7-10-4-17-8-21-10/h4-5,8-9H,1-3,6-7H2,(H,18,19). The number of rotatable bonds is 3. The number of piperidine rings is 1. The maximum atomic E-state index is 12.6. The molecule has 0 aliphatic carbocycles. The first-order valence-electron chi connectivity index (χ1n) is 6.74. The van der Waals surface area contributed by atoms with Crippen molar-refractivity contribution in [2.24, 2.45) is 0 Å². The Labute approximate surface area is 124 Å². The van der Waals surface area contributed by atoms with E-state index in [-0.39, 0.29) is 5.92 Å². The molecule has 1 atom stereocenters. The van der Waals surface area contributed by atoms with Crippen LogP contribution in [0, 0.1) is 0 Å². The van der Waals surface area contributed by atoms with E-state index in [1.165, 1.54) is 4.88 Å². The second-order valence-corrected chi connectivity index (χ2v) is 6.19. The van der Waals surface area contributed by atoms with Crippen LogP contribution in [-0.2, 0) is 12.7 Å². The first-order valence-corrected chi connectivity index (χ1v) is 7.62. The SMILES string of the molecule is FC(F)(F)c1cnc(C2CCCN(Cc3cncs3)C2)[nH]1. The van der Waals surface area contributed by atoms with Gasteiger partial charge in [-0.25, -0.2) is 4.98 Å². The number of nitrogens with zero attached hydrogens (tertiary/aromatic N) is 3. The van der Waals surface area contributed by atoms with Crippen LogP contribution in [0.15, 0.2) is 17.9 Å². The van der Waals surface area contributed by atoms with E-state index in [0.29, 0.717) is 5.82 Å². The minimum Gasteiger partial charge on any atom is -0.338 e. The zero-order valence-electron chi connectivity index (χ0n) is 11.2. The van der Waals surface area contributed by atoms with Crippen molar-refractivity contribution in [2.75, 3.05) is 13.1 Å². The molecule has 2 aromatic heterocycles. The lowest BCUT2D eigenvalue weighted by atomic mass is 9.97. The van der Waals surface area contributed by atoms with Crippen LogP contribution in [0.5, 0.6) is 0 Å². The topological polar surface area (TPSA) is 44.8 Å². The number of aromatic amines is 1. The number of alkyl halides is 3. The third kappa shape index (κ3) is 3.44. The molecule has 1 unspecified atom stereocenters. The van der Waals surface area contributed by atoms with Gasteiger partial charge in [-0.1, -0.05) is 0 Å². The van der Waals surface area contributed by atoms with Gasteiger partial charge >= 0.3 is 6.18 Å². The fourth-order valence-corrected chi connectivity index (χ4v) is 3.29. The van der Waals surface area contributed by atoms with E-state index in [9.17, 15) is 13.2 Å². The van der Waals surface area contributed by atoms with Crippen molar-refractivity contribution in [1.82, 2.24) is 19.9 Å². The fourth-order valence-electron chi connectivity index (χ4n) is 2.65. The van der Waals surface area contributed by atoms with E-state index in [2.05, 4.69) is 19.9 Å². The Morgan fingerprint density at radius 3 is 2.90 bits per heavy atom. The van der Waals surface area contributed by atoms with Crippen LogP contribution in [0.1, 0.15) is 35.2 Å². The molecule has 2 aromatic rings. The lowest BCUT2D eigenvalue weighted by molar-refractivity contribution is -0.141. The number of nitrogens with one attached hydrogen (secondary N) is 1. The molecule has 0 radical (unpaired) electrons. The Balaban J connectivity index is 1.67. The summed E-state index contributed by atoms with van der Waals surface area (Å²) in [5.74, 6) is 0.471. The highest BCUT2D eigenvalue weighted by Crippen LogP contribution is 2.31. The molecule has 0 spiro atoms. The third-order valence-electron chi connectivity index (χ3n) is 3.66. The Morgan fingerprint density at radius 2 is 2.24 bits per heavy atom. The van der Waals surface area contributed by atoms with Crippen LogP contribution in [0.25, 0.3) is 0 Å². The number of hydrogen-bond donors (Lipinski definition) is 1. The van der Waals surface area contributed by atoms with Crippen LogP contribution in [0.2, 0.25) is 0 Å². The largest absolute Gasteiger partial charge is 0.432 e. The smallest absolute Gasteiger partial charge is 0.338 e. The van der Waals surface area contributed by atoms with Crippen molar-refractivity contribution in [1.29, 1.82) is 0 Å². The van der Waals surface area contributed by atoms with Gasteiger partial charge in [0.1, 0.15) is 11.5 Å². The zero-order chi connectivity index (χ0) is 14.9. The first-order chi connectivity index (χ1) is 10.0. The zero-order valence-corrected chi connectivity index (χ0v) is 12.0. The molecule has 0 bridgehead atoms. The number of H-pyrrole nitrogens is 1.